The number of halogens is 2. The molecule has 0 spiro atoms. The number of primary amides is 1. The number of ether oxygens (including phenoxy) is 1. The van der Waals surface area contributed by atoms with Crippen molar-refractivity contribution in [2.45, 2.75) is 13.2 Å². The fourth-order valence-corrected chi connectivity index (χ4v) is 2.55. The zero-order valence-electron chi connectivity index (χ0n) is 12.7. The van der Waals surface area contributed by atoms with Crippen LogP contribution in [0.5, 0.6) is 11.6 Å². The SMILES string of the molecule is CC(Oc1cccc(F)c1F)n1c(O)cc2ccc(C(N)=O)cc21. The van der Waals surface area contributed by atoms with Gasteiger partial charge >= 0.3 is 0 Å². The van der Waals surface area contributed by atoms with Crippen LogP contribution in [0.1, 0.15) is 23.5 Å². The number of hydrogen-bond acceptors (Lipinski definition) is 3. The Morgan fingerprint density at radius 2 is 2.00 bits per heavy atom. The van der Waals surface area contributed by atoms with Gasteiger partial charge in [-0.3, -0.25) is 9.36 Å². The lowest BCUT2D eigenvalue weighted by Crippen LogP contribution is -2.14. The molecule has 0 aliphatic rings. The molecule has 24 heavy (non-hydrogen) atoms. The maximum atomic E-state index is 13.8. The summed E-state index contributed by atoms with van der Waals surface area (Å²) in [5.74, 6) is -3.19. The van der Waals surface area contributed by atoms with E-state index in [2.05, 4.69) is 0 Å². The predicted molar refractivity (Wildman–Crippen MR) is 83.8 cm³/mol. The quantitative estimate of drug-likeness (QED) is 0.769. The summed E-state index contributed by atoms with van der Waals surface area (Å²) in [4.78, 5) is 11.3. The number of benzene rings is 2. The van der Waals surface area contributed by atoms with Crippen LogP contribution in [0.3, 0.4) is 0 Å². The number of nitrogens with two attached hydrogens (primary N) is 1. The molecule has 0 saturated heterocycles. The van der Waals surface area contributed by atoms with E-state index in [0.29, 0.717) is 10.9 Å². The molecule has 1 amide bonds. The minimum atomic E-state index is -1.11. The van der Waals surface area contributed by atoms with E-state index in [-0.39, 0.29) is 17.2 Å². The highest BCUT2D eigenvalue weighted by Crippen LogP contribution is 2.31. The average molecular weight is 332 g/mol. The van der Waals surface area contributed by atoms with Gasteiger partial charge in [0.1, 0.15) is 0 Å². The molecule has 0 bridgehead atoms. The molecule has 0 aliphatic heterocycles. The highest BCUT2D eigenvalue weighted by atomic mass is 19.2. The average Bonchev–Trinajstić information content (AvgIpc) is 2.86. The Kier molecular flexibility index (Phi) is 3.84. The van der Waals surface area contributed by atoms with Gasteiger partial charge in [-0.25, -0.2) is 4.39 Å². The predicted octanol–water partition coefficient (Wildman–Crippen LogP) is 3.32. The van der Waals surface area contributed by atoms with Crippen LogP contribution in [-0.4, -0.2) is 15.6 Å². The molecule has 1 heterocycles. The summed E-state index contributed by atoms with van der Waals surface area (Å²) in [6.45, 7) is 1.56. The molecule has 0 fully saturated rings. The molecule has 1 aromatic heterocycles. The highest BCUT2D eigenvalue weighted by molar-refractivity contribution is 5.97. The standard InChI is InChI=1S/C17H14F2N2O3/c1-9(24-14-4-2-3-12(18)16(14)19)21-13-7-11(17(20)23)6-5-10(13)8-15(21)22/h2-9,22H,1H3,(H2,20,23). The van der Waals surface area contributed by atoms with E-state index < -0.39 is 23.8 Å². The van der Waals surface area contributed by atoms with Crippen molar-refractivity contribution in [1.29, 1.82) is 0 Å². The Labute approximate surface area is 135 Å². The number of aromatic nitrogens is 1. The summed E-state index contributed by atoms with van der Waals surface area (Å²) < 4.78 is 33.8. The highest BCUT2D eigenvalue weighted by Gasteiger charge is 2.18. The van der Waals surface area contributed by atoms with Crippen LogP contribution < -0.4 is 10.5 Å². The molecule has 3 N–H and O–H groups in total. The van der Waals surface area contributed by atoms with E-state index in [0.717, 1.165) is 6.07 Å². The molecule has 0 radical (unpaired) electrons. The van der Waals surface area contributed by atoms with E-state index in [1.54, 1.807) is 13.0 Å². The third-order valence-corrected chi connectivity index (χ3v) is 3.68. The van der Waals surface area contributed by atoms with Gasteiger partial charge in [-0.05, 0) is 31.2 Å². The van der Waals surface area contributed by atoms with Crippen molar-refractivity contribution in [3.05, 3.63) is 59.7 Å². The topological polar surface area (TPSA) is 77.5 Å². The van der Waals surface area contributed by atoms with Crippen LogP contribution in [0, 0.1) is 11.6 Å². The van der Waals surface area contributed by atoms with Crippen LogP contribution in [0.15, 0.2) is 42.5 Å². The Morgan fingerprint density at radius 1 is 1.25 bits per heavy atom. The minimum absolute atomic E-state index is 0.143. The van der Waals surface area contributed by atoms with E-state index in [1.165, 1.54) is 34.9 Å². The number of rotatable bonds is 4. The van der Waals surface area contributed by atoms with Crippen molar-refractivity contribution in [2.24, 2.45) is 5.73 Å². The Bertz CT molecular complexity index is 937. The largest absolute Gasteiger partial charge is 0.494 e. The molecule has 1 atom stereocenters. The van der Waals surface area contributed by atoms with Crippen molar-refractivity contribution in [2.75, 3.05) is 0 Å². The van der Waals surface area contributed by atoms with Gasteiger partial charge in [0.25, 0.3) is 0 Å². The molecule has 7 heteroatoms. The molecule has 124 valence electrons. The second-order valence-electron chi connectivity index (χ2n) is 5.28. The van der Waals surface area contributed by atoms with Gasteiger partial charge in [0.05, 0.1) is 5.52 Å². The molecule has 2 aromatic carbocycles. The summed E-state index contributed by atoms with van der Waals surface area (Å²) in [7, 11) is 0. The second-order valence-corrected chi connectivity index (χ2v) is 5.28. The van der Waals surface area contributed by atoms with Gasteiger partial charge in [-0.15, -0.1) is 0 Å². The lowest BCUT2D eigenvalue weighted by molar-refractivity contribution is 0.1000. The molecule has 0 saturated carbocycles. The van der Waals surface area contributed by atoms with Gasteiger partial charge in [-0.2, -0.15) is 4.39 Å². The lowest BCUT2D eigenvalue weighted by atomic mass is 10.1. The molecule has 5 nitrogen and oxygen atoms in total. The summed E-state index contributed by atoms with van der Waals surface area (Å²) in [6.07, 6.45) is -0.859. The van der Waals surface area contributed by atoms with E-state index in [4.69, 9.17) is 10.5 Å². The maximum absolute atomic E-state index is 13.8. The normalized spacial score (nSPS) is 12.3. The van der Waals surface area contributed by atoms with E-state index in [1.807, 2.05) is 0 Å². The summed E-state index contributed by atoms with van der Waals surface area (Å²) in [5.41, 5.74) is 6.00. The fourth-order valence-electron chi connectivity index (χ4n) is 2.55. The van der Waals surface area contributed by atoms with Crippen molar-refractivity contribution in [3.63, 3.8) is 0 Å². The van der Waals surface area contributed by atoms with E-state index in [9.17, 15) is 18.7 Å². The molecule has 1 unspecified atom stereocenters. The van der Waals surface area contributed by atoms with E-state index >= 15 is 0 Å². The van der Waals surface area contributed by atoms with Gasteiger partial charge in [0.15, 0.2) is 23.7 Å². The van der Waals surface area contributed by atoms with Crippen molar-refractivity contribution in [1.82, 2.24) is 4.57 Å². The first-order valence-electron chi connectivity index (χ1n) is 7.13. The zero-order valence-corrected chi connectivity index (χ0v) is 12.7. The number of nitrogens with zero attached hydrogens (tertiary/aromatic N) is 1. The number of carbonyl (C=O) groups excluding carboxylic acids is 1. The summed E-state index contributed by atoms with van der Waals surface area (Å²) >= 11 is 0. The maximum Gasteiger partial charge on any atom is 0.248 e. The van der Waals surface area contributed by atoms with Gasteiger partial charge in [0, 0.05) is 17.0 Å². The number of hydrogen-bond donors (Lipinski definition) is 2. The zero-order chi connectivity index (χ0) is 17.4. The number of amides is 1. The van der Waals surface area contributed by atoms with Gasteiger partial charge < -0.3 is 15.6 Å². The first kappa shape index (κ1) is 15.8. The Balaban J connectivity index is 2.04. The first-order chi connectivity index (χ1) is 11.4. The summed E-state index contributed by atoms with van der Waals surface area (Å²) in [5, 5.41) is 10.8. The first-order valence-corrected chi connectivity index (χ1v) is 7.13. The Hall–Kier alpha value is -3.09. The van der Waals surface area contributed by atoms with Crippen molar-refractivity contribution < 1.29 is 23.4 Å². The summed E-state index contributed by atoms with van der Waals surface area (Å²) in [6, 6.07) is 9.72. The molecular formula is C17H14F2N2O3. The Morgan fingerprint density at radius 3 is 2.71 bits per heavy atom. The van der Waals surface area contributed by atoms with Crippen LogP contribution in [0.25, 0.3) is 10.9 Å². The van der Waals surface area contributed by atoms with Crippen molar-refractivity contribution >= 4 is 16.8 Å². The monoisotopic (exact) mass is 332 g/mol. The lowest BCUT2D eigenvalue weighted by Gasteiger charge is -2.19. The molecule has 0 aliphatic carbocycles. The third kappa shape index (κ3) is 2.64. The number of fused-ring (bicyclic) bond motifs is 1. The van der Waals surface area contributed by atoms with Gasteiger partial charge in [0.2, 0.25) is 11.7 Å². The van der Waals surface area contributed by atoms with Crippen LogP contribution in [0.4, 0.5) is 8.78 Å². The molecular weight excluding hydrogens is 318 g/mol. The van der Waals surface area contributed by atoms with Crippen molar-refractivity contribution in [3.8, 4) is 11.6 Å². The molecule has 3 aromatic rings. The third-order valence-electron chi connectivity index (χ3n) is 3.68. The smallest absolute Gasteiger partial charge is 0.248 e. The minimum Gasteiger partial charge on any atom is -0.494 e. The number of aromatic hydroxyl groups is 1. The van der Waals surface area contributed by atoms with Gasteiger partial charge in [-0.1, -0.05) is 12.1 Å². The number of carbonyl (C=O) groups is 1. The fraction of sp³-hybridized carbons (Fsp3) is 0.118. The van der Waals surface area contributed by atoms with Crippen LogP contribution in [-0.2, 0) is 0 Å². The second kappa shape index (κ2) is 5.84. The van der Waals surface area contributed by atoms with Crippen LogP contribution in [0.2, 0.25) is 0 Å². The molecule has 3 rings (SSSR count). The van der Waals surface area contributed by atoms with Crippen LogP contribution >= 0.6 is 0 Å².